The molecule has 0 spiro atoms. The quantitative estimate of drug-likeness (QED) is 0.877. The van der Waals surface area contributed by atoms with E-state index in [4.69, 9.17) is 5.73 Å². The molecular formula is C17H19BrN2O. The molecule has 0 heterocycles. The van der Waals surface area contributed by atoms with Gasteiger partial charge in [-0.2, -0.15) is 0 Å². The molecule has 110 valence electrons. The van der Waals surface area contributed by atoms with Crippen molar-refractivity contribution in [3.63, 3.8) is 0 Å². The van der Waals surface area contributed by atoms with Gasteiger partial charge in [-0.3, -0.25) is 4.79 Å². The van der Waals surface area contributed by atoms with Crippen molar-refractivity contribution in [3.05, 3.63) is 64.1 Å². The molecule has 2 atom stereocenters. The highest BCUT2D eigenvalue weighted by Gasteiger charge is 2.22. The molecule has 0 aliphatic rings. The highest BCUT2D eigenvalue weighted by Crippen LogP contribution is 2.27. The van der Waals surface area contributed by atoms with Crippen molar-refractivity contribution in [3.8, 4) is 0 Å². The van der Waals surface area contributed by atoms with Crippen LogP contribution < -0.4 is 11.1 Å². The fourth-order valence-corrected chi connectivity index (χ4v) is 2.48. The van der Waals surface area contributed by atoms with E-state index >= 15 is 0 Å². The number of carbonyl (C=O) groups is 1. The lowest BCUT2D eigenvalue weighted by Crippen LogP contribution is -2.30. The first-order valence-corrected chi connectivity index (χ1v) is 7.66. The minimum atomic E-state index is -0.324. The van der Waals surface area contributed by atoms with Crippen molar-refractivity contribution in [1.29, 1.82) is 0 Å². The maximum atomic E-state index is 12.4. The molecule has 3 N–H and O–H groups in total. The van der Waals surface area contributed by atoms with E-state index in [0.29, 0.717) is 0 Å². The van der Waals surface area contributed by atoms with Gasteiger partial charge in [0, 0.05) is 10.5 Å². The summed E-state index contributed by atoms with van der Waals surface area (Å²) in [5, 5.41) is 2.94. The Balaban J connectivity index is 2.11. The first-order valence-electron chi connectivity index (χ1n) is 6.87. The van der Waals surface area contributed by atoms with E-state index in [2.05, 4.69) is 21.2 Å². The molecule has 0 aliphatic carbocycles. The molecule has 0 aromatic heterocycles. The van der Waals surface area contributed by atoms with Gasteiger partial charge >= 0.3 is 0 Å². The monoisotopic (exact) mass is 346 g/mol. The molecular weight excluding hydrogens is 328 g/mol. The van der Waals surface area contributed by atoms with E-state index in [-0.39, 0.29) is 17.9 Å². The number of amides is 1. The minimum Gasteiger partial charge on any atom is -0.325 e. The first kappa shape index (κ1) is 15.7. The van der Waals surface area contributed by atoms with Crippen LogP contribution >= 0.6 is 15.9 Å². The third-order valence-corrected chi connectivity index (χ3v) is 4.64. The van der Waals surface area contributed by atoms with Crippen LogP contribution in [-0.2, 0) is 4.79 Å². The van der Waals surface area contributed by atoms with Crippen LogP contribution in [0.15, 0.2) is 53.0 Å². The Morgan fingerprint density at radius 3 is 2.48 bits per heavy atom. The van der Waals surface area contributed by atoms with E-state index in [9.17, 15) is 4.79 Å². The van der Waals surface area contributed by atoms with Gasteiger partial charge in [-0.1, -0.05) is 49.4 Å². The number of rotatable bonds is 4. The van der Waals surface area contributed by atoms with Crippen molar-refractivity contribution in [2.75, 3.05) is 5.32 Å². The van der Waals surface area contributed by atoms with Gasteiger partial charge in [0.15, 0.2) is 0 Å². The maximum Gasteiger partial charge on any atom is 0.229 e. The minimum absolute atomic E-state index is 0.0855. The summed E-state index contributed by atoms with van der Waals surface area (Å²) in [6, 6.07) is 15.1. The number of hydrogen-bond donors (Lipinski definition) is 2. The molecule has 0 bridgehead atoms. The van der Waals surface area contributed by atoms with E-state index < -0.39 is 0 Å². The number of nitrogens with two attached hydrogens (primary N) is 1. The van der Waals surface area contributed by atoms with Gasteiger partial charge in [-0.05, 0) is 40.0 Å². The van der Waals surface area contributed by atoms with Crippen molar-refractivity contribution >= 4 is 27.5 Å². The summed E-state index contributed by atoms with van der Waals surface area (Å²) >= 11 is 3.49. The van der Waals surface area contributed by atoms with Crippen molar-refractivity contribution in [1.82, 2.24) is 0 Å². The fraction of sp³-hybridized carbons (Fsp3) is 0.235. The topological polar surface area (TPSA) is 55.1 Å². The second-order valence-corrected chi connectivity index (χ2v) is 5.94. The summed E-state index contributed by atoms with van der Waals surface area (Å²) < 4.78 is 0.902. The Hall–Kier alpha value is -1.65. The Morgan fingerprint density at radius 1 is 1.14 bits per heavy atom. The smallest absolute Gasteiger partial charge is 0.229 e. The molecule has 2 rings (SSSR count). The van der Waals surface area contributed by atoms with Crippen LogP contribution in [0.3, 0.4) is 0 Å². The normalized spacial score (nSPS) is 13.5. The zero-order valence-corrected chi connectivity index (χ0v) is 13.7. The van der Waals surface area contributed by atoms with Crippen LogP contribution in [-0.4, -0.2) is 5.91 Å². The number of aryl methyl sites for hydroxylation is 1. The van der Waals surface area contributed by atoms with Gasteiger partial charge < -0.3 is 11.1 Å². The molecule has 0 radical (unpaired) electrons. The summed E-state index contributed by atoms with van der Waals surface area (Å²) in [7, 11) is 0. The number of carbonyl (C=O) groups excluding carboxylic acids is 1. The van der Waals surface area contributed by atoms with E-state index in [1.165, 1.54) is 0 Å². The summed E-state index contributed by atoms with van der Waals surface area (Å²) in [5.74, 6) is -0.405. The van der Waals surface area contributed by atoms with Crippen LogP contribution in [0.4, 0.5) is 5.69 Å². The summed E-state index contributed by atoms with van der Waals surface area (Å²) in [6.07, 6.45) is 0. The molecule has 0 saturated heterocycles. The molecule has 4 heteroatoms. The van der Waals surface area contributed by atoms with Gasteiger partial charge in [0.2, 0.25) is 5.91 Å². The van der Waals surface area contributed by atoms with Crippen molar-refractivity contribution in [2.45, 2.75) is 19.9 Å². The highest BCUT2D eigenvalue weighted by molar-refractivity contribution is 9.10. The lowest BCUT2D eigenvalue weighted by Gasteiger charge is -2.20. The maximum absolute atomic E-state index is 12.4. The van der Waals surface area contributed by atoms with Crippen molar-refractivity contribution in [2.24, 2.45) is 11.7 Å². The Labute approximate surface area is 133 Å². The van der Waals surface area contributed by atoms with E-state index in [0.717, 1.165) is 21.3 Å². The standard InChI is InChI=1S/C17H19BrN2O/c1-11-7-6-10-14(15(11)18)20-17(21)12(2)16(19)13-8-4-3-5-9-13/h3-10,12,16H,19H2,1-2H3,(H,20,21). The average Bonchev–Trinajstić information content (AvgIpc) is 2.51. The van der Waals surface area contributed by atoms with E-state index in [1.54, 1.807) is 0 Å². The first-order chi connectivity index (χ1) is 10.0. The van der Waals surface area contributed by atoms with Gasteiger partial charge in [0.25, 0.3) is 0 Å². The summed E-state index contributed by atoms with van der Waals surface area (Å²) in [6.45, 7) is 3.83. The Bertz CT molecular complexity index is 628. The lowest BCUT2D eigenvalue weighted by molar-refractivity contribution is -0.120. The van der Waals surface area contributed by atoms with Gasteiger partial charge in [0.1, 0.15) is 0 Å². The highest BCUT2D eigenvalue weighted by atomic mass is 79.9. The molecule has 2 unspecified atom stereocenters. The zero-order chi connectivity index (χ0) is 15.4. The molecule has 3 nitrogen and oxygen atoms in total. The molecule has 0 aliphatic heterocycles. The van der Waals surface area contributed by atoms with Crippen LogP contribution in [0.25, 0.3) is 0 Å². The van der Waals surface area contributed by atoms with Crippen LogP contribution in [0.1, 0.15) is 24.1 Å². The largest absolute Gasteiger partial charge is 0.325 e. The average molecular weight is 347 g/mol. The third-order valence-electron chi connectivity index (χ3n) is 3.59. The lowest BCUT2D eigenvalue weighted by atomic mass is 9.94. The van der Waals surface area contributed by atoms with Crippen molar-refractivity contribution < 1.29 is 4.79 Å². The second-order valence-electron chi connectivity index (χ2n) is 5.15. The van der Waals surface area contributed by atoms with Crippen LogP contribution in [0.2, 0.25) is 0 Å². The molecule has 0 fully saturated rings. The predicted octanol–water partition coefficient (Wildman–Crippen LogP) is 4.03. The predicted molar refractivity (Wildman–Crippen MR) is 90.0 cm³/mol. The molecule has 0 saturated carbocycles. The number of anilines is 1. The number of benzene rings is 2. The van der Waals surface area contributed by atoms with E-state index in [1.807, 2.05) is 62.4 Å². The fourth-order valence-electron chi connectivity index (χ4n) is 2.12. The molecule has 21 heavy (non-hydrogen) atoms. The molecule has 2 aromatic rings. The Kier molecular flexibility index (Phi) is 5.15. The number of hydrogen-bond acceptors (Lipinski definition) is 2. The SMILES string of the molecule is Cc1cccc(NC(=O)C(C)C(N)c2ccccc2)c1Br. The van der Waals surface area contributed by atoms with Crippen LogP contribution in [0.5, 0.6) is 0 Å². The Morgan fingerprint density at radius 2 is 1.81 bits per heavy atom. The molecule has 1 amide bonds. The molecule has 2 aromatic carbocycles. The summed E-state index contributed by atoms with van der Waals surface area (Å²) in [4.78, 5) is 12.4. The summed E-state index contributed by atoms with van der Waals surface area (Å²) in [5.41, 5.74) is 9.00. The number of nitrogens with one attached hydrogen (secondary N) is 1. The van der Waals surface area contributed by atoms with Gasteiger partial charge in [0.05, 0.1) is 11.6 Å². The van der Waals surface area contributed by atoms with Crippen LogP contribution in [0, 0.1) is 12.8 Å². The zero-order valence-electron chi connectivity index (χ0n) is 12.1. The second kappa shape index (κ2) is 6.87. The third kappa shape index (κ3) is 3.71. The number of halogens is 1. The van der Waals surface area contributed by atoms with Gasteiger partial charge in [-0.15, -0.1) is 0 Å². The van der Waals surface area contributed by atoms with Gasteiger partial charge in [-0.25, -0.2) is 0 Å².